The van der Waals surface area contributed by atoms with Gasteiger partial charge in [-0.05, 0) is 38.3 Å². The van der Waals surface area contributed by atoms with Crippen molar-refractivity contribution in [2.75, 3.05) is 0 Å². The van der Waals surface area contributed by atoms with Crippen molar-refractivity contribution < 1.29 is 27.5 Å². The van der Waals surface area contributed by atoms with Gasteiger partial charge in [0, 0.05) is 6.42 Å². The van der Waals surface area contributed by atoms with Crippen LogP contribution >= 0.6 is 0 Å². The number of nitrogens with one attached hydrogen (secondary N) is 2. The lowest BCUT2D eigenvalue weighted by molar-refractivity contribution is -0.144. The number of alkyl halides is 3. The lowest BCUT2D eigenvalue weighted by Gasteiger charge is -2.22. The van der Waals surface area contributed by atoms with Crippen molar-refractivity contribution >= 4 is 17.6 Å². The maximum Gasteiger partial charge on any atom is 0.407 e. The van der Waals surface area contributed by atoms with E-state index in [1.54, 1.807) is 33.0 Å². The van der Waals surface area contributed by atoms with Crippen molar-refractivity contribution in [2.24, 2.45) is 5.92 Å². The predicted octanol–water partition coefficient (Wildman–Crippen LogP) is 3.91. The van der Waals surface area contributed by atoms with E-state index in [0.717, 1.165) is 0 Å². The molecule has 2 N–H and O–H groups in total. The highest BCUT2D eigenvalue weighted by Gasteiger charge is 2.29. The average molecular weight is 443 g/mol. The Bertz CT molecular complexity index is 919. The van der Waals surface area contributed by atoms with E-state index in [4.69, 9.17) is 4.74 Å². The smallest absolute Gasteiger partial charge is 0.407 e. The van der Waals surface area contributed by atoms with Gasteiger partial charge in [-0.1, -0.05) is 13.8 Å². The highest BCUT2D eigenvalue weighted by Crippen LogP contribution is 2.24. The largest absolute Gasteiger partial charge is 0.444 e. The quantitative estimate of drug-likeness (QED) is 0.676. The Labute approximate surface area is 178 Å². The maximum atomic E-state index is 12.4. The number of carbonyl (C=O) groups excluding carboxylic acids is 2. The molecule has 2 amide bonds. The zero-order valence-corrected chi connectivity index (χ0v) is 18.2. The molecule has 0 aromatic carbocycles. The van der Waals surface area contributed by atoms with E-state index in [1.165, 1.54) is 10.7 Å². The molecule has 172 valence electrons. The molecule has 0 radical (unpaired) electrons. The fraction of sp³-hybridized carbons (Fsp3) is 0.600. The Kier molecular flexibility index (Phi) is 7.50. The Morgan fingerprint density at radius 1 is 1.23 bits per heavy atom. The van der Waals surface area contributed by atoms with Crippen molar-refractivity contribution in [1.29, 1.82) is 0 Å². The van der Waals surface area contributed by atoms with Gasteiger partial charge in [0.15, 0.2) is 5.65 Å². The summed E-state index contributed by atoms with van der Waals surface area (Å²) in [7, 11) is 0. The zero-order valence-electron chi connectivity index (χ0n) is 18.2. The first-order valence-electron chi connectivity index (χ1n) is 9.90. The number of imidazole rings is 1. The fourth-order valence-corrected chi connectivity index (χ4v) is 2.81. The van der Waals surface area contributed by atoms with Crippen molar-refractivity contribution in [3.63, 3.8) is 0 Å². The van der Waals surface area contributed by atoms with E-state index in [-0.39, 0.29) is 12.5 Å². The second kappa shape index (κ2) is 9.52. The minimum absolute atomic E-state index is 0.0812. The SMILES string of the molecule is CC(C)C(NC(=O)CCC(F)(F)F)c1cnn2cc(CNC(=O)OC(C)(C)C)nc2c1. The second-order valence-corrected chi connectivity index (χ2v) is 8.58. The number of aromatic nitrogens is 3. The minimum atomic E-state index is -4.38. The highest BCUT2D eigenvalue weighted by atomic mass is 19.4. The third-order valence-corrected chi connectivity index (χ3v) is 4.18. The predicted molar refractivity (Wildman–Crippen MR) is 107 cm³/mol. The van der Waals surface area contributed by atoms with Crippen LogP contribution in [0, 0.1) is 5.92 Å². The van der Waals surface area contributed by atoms with E-state index >= 15 is 0 Å². The molecule has 1 unspecified atom stereocenters. The molecule has 0 saturated heterocycles. The van der Waals surface area contributed by atoms with E-state index in [2.05, 4.69) is 20.7 Å². The monoisotopic (exact) mass is 443 g/mol. The molecular weight excluding hydrogens is 415 g/mol. The lowest BCUT2D eigenvalue weighted by atomic mass is 9.97. The molecule has 0 aliphatic rings. The van der Waals surface area contributed by atoms with Crippen molar-refractivity contribution in [3.8, 4) is 0 Å². The first-order valence-corrected chi connectivity index (χ1v) is 9.90. The average Bonchev–Trinajstić information content (AvgIpc) is 3.02. The van der Waals surface area contributed by atoms with Crippen LogP contribution in [-0.4, -0.2) is 38.4 Å². The summed E-state index contributed by atoms with van der Waals surface area (Å²) in [6.45, 7) is 9.11. The summed E-state index contributed by atoms with van der Waals surface area (Å²) in [5.41, 5.74) is 1.04. The number of ether oxygens (including phenoxy) is 1. The Hall–Kier alpha value is -2.85. The van der Waals surface area contributed by atoms with E-state index in [0.29, 0.717) is 16.9 Å². The van der Waals surface area contributed by atoms with E-state index in [9.17, 15) is 22.8 Å². The van der Waals surface area contributed by atoms with Crippen LogP contribution in [0.15, 0.2) is 18.5 Å². The van der Waals surface area contributed by atoms with Crippen LogP contribution in [0.25, 0.3) is 5.65 Å². The molecule has 0 bridgehead atoms. The number of amides is 2. The third-order valence-electron chi connectivity index (χ3n) is 4.18. The van der Waals surface area contributed by atoms with Gasteiger partial charge in [-0.2, -0.15) is 18.3 Å². The number of rotatable bonds is 7. The van der Waals surface area contributed by atoms with Gasteiger partial charge in [0.1, 0.15) is 5.60 Å². The van der Waals surface area contributed by atoms with Crippen LogP contribution < -0.4 is 10.6 Å². The Morgan fingerprint density at radius 3 is 2.48 bits per heavy atom. The summed E-state index contributed by atoms with van der Waals surface area (Å²) >= 11 is 0. The van der Waals surface area contributed by atoms with Gasteiger partial charge in [0.2, 0.25) is 5.91 Å². The van der Waals surface area contributed by atoms with Gasteiger partial charge in [-0.3, -0.25) is 4.79 Å². The zero-order chi connectivity index (χ0) is 23.4. The van der Waals surface area contributed by atoms with Crippen LogP contribution in [0.1, 0.15) is 64.8 Å². The number of hydrogen-bond acceptors (Lipinski definition) is 5. The van der Waals surface area contributed by atoms with E-state index in [1.807, 2.05) is 13.8 Å². The normalized spacial score (nSPS) is 13.3. The molecule has 0 spiro atoms. The number of carbonyl (C=O) groups is 2. The summed E-state index contributed by atoms with van der Waals surface area (Å²) in [5.74, 6) is -0.760. The summed E-state index contributed by atoms with van der Waals surface area (Å²) < 4.78 is 43.8. The first kappa shape index (κ1) is 24.4. The van der Waals surface area contributed by atoms with Crippen LogP contribution in [0.4, 0.5) is 18.0 Å². The molecule has 2 rings (SSSR count). The van der Waals surface area contributed by atoms with Crippen LogP contribution in [-0.2, 0) is 16.1 Å². The van der Waals surface area contributed by atoms with Gasteiger partial charge in [-0.25, -0.2) is 14.3 Å². The van der Waals surface area contributed by atoms with Crippen molar-refractivity contribution in [2.45, 2.75) is 71.8 Å². The number of halogens is 3. The third kappa shape index (κ3) is 8.06. The van der Waals surface area contributed by atoms with E-state index < -0.39 is 42.7 Å². The number of nitrogens with zero attached hydrogens (tertiary/aromatic N) is 3. The van der Waals surface area contributed by atoms with Gasteiger partial charge in [-0.15, -0.1) is 0 Å². The van der Waals surface area contributed by atoms with Crippen molar-refractivity contribution in [1.82, 2.24) is 25.2 Å². The van der Waals surface area contributed by atoms with Gasteiger partial charge in [0.05, 0.1) is 37.1 Å². The molecule has 2 aromatic rings. The van der Waals surface area contributed by atoms with Crippen LogP contribution in [0.3, 0.4) is 0 Å². The lowest BCUT2D eigenvalue weighted by Crippen LogP contribution is -2.32. The second-order valence-electron chi connectivity index (χ2n) is 8.58. The molecule has 31 heavy (non-hydrogen) atoms. The maximum absolute atomic E-state index is 12.4. The molecule has 1 atom stereocenters. The first-order chi connectivity index (χ1) is 14.2. The Morgan fingerprint density at radius 2 is 1.90 bits per heavy atom. The minimum Gasteiger partial charge on any atom is -0.444 e. The molecule has 0 aliphatic carbocycles. The highest BCUT2D eigenvalue weighted by molar-refractivity contribution is 5.76. The van der Waals surface area contributed by atoms with Crippen LogP contribution in [0.5, 0.6) is 0 Å². The van der Waals surface area contributed by atoms with Crippen LogP contribution in [0.2, 0.25) is 0 Å². The summed E-state index contributed by atoms with van der Waals surface area (Å²) in [4.78, 5) is 28.2. The summed E-state index contributed by atoms with van der Waals surface area (Å²) in [6, 6.07) is 1.19. The standard InChI is InChI=1S/C20H28F3N5O3/c1-12(2)17(27-16(29)6-7-20(21,22)23)13-8-15-26-14(11-28(15)25-9-13)10-24-18(30)31-19(3,4)5/h8-9,11-12,17H,6-7,10H2,1-5H3,(H,24,30)(H,27,29). The van der Waals surface area contributed by atoms with Crippen molar-refractivity contribution in [3.05, 3.63) is 29.7 Å². The molecule has 0 saturated carbocycles. The molecule has 2 heterocycles. The molecular formula is C20H28F3N5O3. The summed E-state index contributed by atoms with van der Waals surface area (Å²) in [6.07, 6.45) is -3.58. The fourth-order valence-electron chi connectivity index (χ4n) is 2.81. The summed E-state index contributed by atoms with van der Waals surface area (Å²) in [5, 5.41) is 9.52. The van der Waals surface area contributed by atoms with Gasteiger partial charge in [0.25, 0.3) is 0 Å². The topological polar surface area (TPSA) is 97.6 Å². The Balaban J connectivity index is 2.09. The van der Waals surface area contributed by atoms with Gasteiger partial charge >= 0.3 is 12.3 Å². The number of fused-ring (bicyclic) bond motifs is 1. The van der Waals surface area contributed by atoms with Gasteiger partial charge < -0.3 is 15.4 Å². The molecule has 0 aliphatic heterocycles. The molecule has 0 fully saturated rings. The molecule has 11 heteroatoms. The molecule has 2 aromatic heterocycles. The number of alkyl carbamates (subject to hydrolysis) is 1. The molecule has 8 nitrogen and oxygen atoms in total. The number of hydrogen-bond donors (Lipinski definition) is 2.